The number of carbonyl (C=O) groups is 1. The lowest BCUT2D eigenvalue weighted by atomic mass is 9.99. The average molecular weight is 310 g/mol. The molecule has 1 N–H and O–H groups in total. The molecule has 1 atom stereocenters. The Bertz CT molecular complexity index is 651. The summed E-state index contributed by atoms with van der Waals surface area (Å²) in [6, 6.07) is 18.3. The zero-order valence-corrected chi connectivity index (χ0v) is 13.4. The molecule has 1 fully saturated rings. The summed E-state index contributed by atoms with van der Waals surface area (Å²) >= 11 is 0. The fourth-order valence-electron chi connectivity index (χ4n) is 2.88. The fraction of sp³-hybridized carbons (Fsp3) is 0.316. The van der Waals surface area contributed by atoms with Crippen LogP contribution >= 0.6 is 0 Å². The van der Waals surface area contributed by atoms with Crippen LogP contribution in [0.25, 0.3) is 11.1 Å². The highest BCUT2D eigenvalue weighted by Crippen LogP contribution is 2.24. The van der Waals surface area contributed by atoms with Crippen molar-refractivity contribution in [2.45, 2.75) is 12.6 Å². The molecule has 1 aliphatic rings. The summed E-state index contributed by atoms with van der Waals surface area (Å²) in [7, 11) is 1.85. The van der Waals surface area contributed by atoms with Gasteiger partial charge in [-0.3, -0.25) is 4.79 Å². The number of nitrogens with one attached hydrogen (secondary N) is 1. The molecule has 1 aliphatic heterocycles. The quantitative estimate of drug-likeness (QED) is 0.942. The van der Waals surface area contributed by atoms with Gasteiger partial charge in [0, 0.05) is 20.1 Å². The third-order valence-corrected chi connectivity index (χ3v) is 4.11. The molecule has 2 aromatic rings. The molecule has 0 spiro atoms. The molecule has 1 saturated heterocycles. The van der Waals surface area contributed by atoms with Crippen molar-refractivity contribution >= 4 is 5.91 Å². The zero-order chi connectivity index (χ0) is 16.1. The van der Waals surface area contributed by atoms with Crippen LogP contribution < -0.4 is 5.32 Å². The third-order valence-electron chi connectivity index (χ3n) is 4.11. The van der Waals surface area contributed by atoms with E-state index < -0.39 is 0 Å². The highest BCUT2D eigenvalue weighted by atomic mass is 16.5. The van der Waals surface area contributed by atoms with Crippen molar-refractivity contribution < 1.29 is 9.53 Å². The fourth-order valence-corrected chi connectivity index (χ4v) is 2.88. The molecule has 0 aromatic heterocycles. The Labute approximate surface area is 137 Å². The van der Waals surface area contributed by atoms with E-state index in [0.717, 1.165) is 12.1 Å². The van der Waals surface area contributed by atoms with Crippen LogP contribution in [0.15, 0.2) is 54.6 Å². The van der Waals surface area contributed by atoms with E-state index in [1.54, 1.807) is 4.90 Å². The van der Waals surface area contributed by atoms with Gasteiger partial charge in [0.05, 0.1) is 13.2 Å². The van der Waals surface area contributed by atoms with E-state index >= 15 is 0 Å². The molecule has 1 heterocycles. The molecule has 120 valence electrons. The number of hydrogen-bond acceptors (Lipinski definition) is 3. The number of benzene rings is 2. The van der Waals surface area contributed by atoms with Crippen LogP contribution in [-0.4, -0.2) is 43.7 Å². The molecule has 4 nitrogen and oxygen atoms in total. The smallest absolute Gasteiger partial charge is 0.242 e. The van der Waals surface area contributed by atoms with Gasteiger partial charge in [0.15, 0.2) is 0 Å². The first-order chi connectivity index (χ1) is 11.3. The van der Waals surface area contributed by atoms with Gasteiger partial charge in [-0.2, -0.15) is 0 Å². The number of amides is 1. The molecular weight excluding hydrogens is 288 g/mol. The van der Waals surface area contributed by atoms with Crippen molar-refractivity contribution in [1.29, 1.82) is 0 Å². The molecular formula is C19H22N2O2. The summed E-state index contributed by atoms with van der Waals surface area (Å²) < 4.78 is 5.39. The zero-order valence-electron chi connectivity index (χ0n) is 13.4. The topological polar surface area (TPSA) is 41.6 Å². The minimum absolute atomic E-state index is 0.0764. The van der Waals surface area contributed by atoms with Crippen LogP contribution in [0, 0.1) is 0 Å². The van der Waals surface area contributed by atoms with E-state index in [0.29, 0.717) is 19.8 Å². The lowest BCUT2D eigenvalue weighted by Gasteiger charge is -2.28. The van der Waals surface area contributed by atoms with E-state index in [-0.39, 0.29) is 11.9 Å². The summed E-state index contributed by atoms with van der Waals surface area (Å²) in [4.78, 5) is 14.3. The number of likely N-dealkylation sites (N-methyl/N-ethyl adjacent to an activating group) is 1. The first-order valence-electron chi connectivity index (χ1n) is 7.95. The Morgan fingerprint density at radius 2 is 1.91 bits per heavy atom. The second-order valence-electron chi connectivity index (χ2n) is 5.80. The van der Waals surface area contributed by atoms with Crippen molar-refractivity contribution in [3.63, 3.8) is 0 Å². The average Bonchev–Trinajstić information content (AvgIpc) is 2.63. The third kappa shape index (κ3) is 3.78. The van der Waals surface area contributed by atoms with Crippen LogP contribution in [0.2, 0.25) is 0 Å². The SMILES string of the molecule is CN(Cc1ccccc1-c1ccccc1)C(=O)C1COCCN1. The van der Waals surface area contributed by atoms with E-state index in [1.807, 2.05) is 37.4 Å². The molecule has 2 aromatic carbocycles. The Balaban J connectivity index is 1.76. The van der Waals surface area contributed by atoms with Gasteiger partial charge in [-0.05, 0) is 16.7 Å². The van der Waals surface area contributed by atoms with Gasteiger partial charge in [-0.1, -0.05) is 54.6 Å². The van der Waals surface area contributed by atoms with Crippen LogP contribution in [0.5, 0.6) is 0 Å². The number of morpholine rings is 1. The highest BCUT2D eigenvalue weighted by Gasteiger charge is 2.24. The molecule has 0 radical (unpaired) electrons. The van der Waals surface area contributed by atoms with Gasteiger partial charge in [0.2, 0.25) is 5.91 Å². The van der Waals surface area contributed by atoms with E-state index in [2.05, 4.69) is 29.6 Å². The Hall–Kier alpha value is -2.17. The predicted molar refractivity (Wildman–Crippen MR) is 91.0 cm³/mol. The molecule has 0 saturated carbocycles. The normalized spacial score (nSPS) is 17.7. The number of hydrogen-bond donors (Lipinski definition) is 1. The largest absolute Gasteiger partial charge is 0.378 e. The Kier molecular flexibility index (Phi) is 5.05. The lowest BCUT2D eigenvalue weighted by Crippen LogP contribution is -2.51. The van der Waals surface area contributed by atoms with Crippen molar-refractivity contribution in [2.24, 2.45) is 0 Å². The molecule has 4 heteroatoms. The monoisotopic (exact) mass is 310 g/mol. The summed E-state index contributed by atoms with van der Waals surface area (Å²) in [6.45, 7) is 2.43. The minimum Gasteiger partial charge on any atom is -0.378 e. The molecule has 1 unspecified atom stereocenters. The molecule has 1 amide bonds. The second kappa shape index (κ2) is 7.40. The van der Waals surface area contributed by atoms with Crippen LogP contribution in [0.4, 0.5) is 0 Å². The van der Waals surface area contributed by atoms with Gasteiger partial charge >= 0.3 is 0 Å². The van der Waals surface area contributed by atoms with Gasteiger partial charge in [-0.25, -0.2) is 0 Å². The van der Waals surface area contributed by atoms with Gasteiger partial charge in [0.25, 0.3) is 0 Å². The van der Waals surface area contributed by atoms with Crippen molar-refractivity contribution in [2.75, 3.05) is 26.8 Å². The Morgan fingerprint density at radius 3 is 2.65 bits per heavy atom. The summed E-state index contributed by atoms with van der Waals surface area (Å²) in [5.41, 5.74) is 3.48. The summed E-state index contributed by atoms with van der Waals surface area (Å²) in [5.74, 6) is 0.0764. The number of rotatable bonds is 4. The maximum Gasteiger partial charge on any atom is 0.242 e. The predicted octanol–water partition coefficient (Wildman–Crippen LogP) is 2.30. The van der Waals surface area contributed by atoms with Crippen molar-refractivity contribution in [3.05, 3.63) is 60.2 Å². The minimum atomic E-state index is -0.238. The second-order valence-corrected chi connectivity index (χ2v) is 5.80. The first kappa shape index (κ1) is 15.7. The van der Waals surface area contributed by atoms with E-state index in [1.165, 1.54) is 11.1 Å². The van der Waals surface area contributed by atoms with Crippen LogP contribution in [-0.2, 0) is 16.1 Å². The summed E-state index contributed by atoms with van der Waals surface area (Å²) in [6.07, 6.45) is 0. The van der Waals surface area contributed by atoms with E-state index in [4.69, 9.17) is 4.74 Å². The van der Waals surface area contributed by atoms with Gasteiger partial charge in [0.1, 0.15) is 6.04 Å². The molecule has 3 rings (SSSR count). The highest BCUT2D eigenvalue weighted by molar-refractivity contribution is 5.82. The maximum absolute atomic E-state index is 12.5. The van der Waals surface area contributed by atoms with Gasteiger partial charge in [-0.15, -0.1) is 0 Å². The molecule has 0 aliphatic carbocycles. The van der Waals surface area contributed by atoms with Gasteiger partial charge < -0.3 is 15.0 Å². The number of carbonyl (C=O) groups excluding carboxylic acids is 1. The number of ether oxygens (including phenoxy) is 1. The van der Waals surface area contributed by atoms with Crippen molar-refractivity contribution in [1.82, 2.24) is 10.2 Å². The standard InChI is InChI=1S/C19H22N2O2/c1-21(19(22)18-14-23-12-11-20-18)13-16-9-5-6-10-17(16)15-7-3-2-4-8-15/h2-10,18,20H,11-14H2,1H3. The maximum atomic E-state index is 12.5. The van der Waals surface area contributed by atoms with E-state index in [9.17, 15) is 4.79 Å². The summed E-state index contributed by atoms with van der Waals surface area (Å²) in [5, 5.41) is 3.22. The Morgan fingerprint density at radius 1 is 1.17 bits per heavy atom. The lowest BCUT2D eigenvalue weighted by molar-refractivity contribution is -0.135. The molecule has 0 bridgehead atoms. The molecule has 23 heavy (non-hydrogen) atoms. The van der Waals surface area contributed by atoms with Crippen molar-refractivity contribution in [3.8, 4) is 11.1 Å². The van der Waals surface area contributed by atoms with Crippen LogP contribution in [0.1, 0.15) is 5.56 Å². The number of nitrogens with zero attached hydrogens (tertiary/aromatic N) is 1. The van der Waals surface area contributed by atoms with Crippen LogP contribution in [0.3, 0.4) is 0 Å². The first-order valence-corrected chi connectivity index (χ1v) is 7.95.